The first-order chi connectivity index (χ1) is 14.6. The van der Waals surface area contributed by atoms with Crippen molar-refractivity contribution in [3.8, 4) is 0 Å². The summed E-state index contributed by atoms with van der Waals surface area (Å²) in [5.41, 5.74) is 1.18. The fourth-order valence-electron chi connectivity index (χ4n) is 3.93. The predicted molar refractivity (Wildman–Crippen MR) is 112 cm³/mol. The number of hydrogen-bond donors (Lipinski definition) is 3. The van der Waals surface area contributed by atoms with E-state index in [0.29, 0.717) is 39.1 Å². The average molecular weight is 420 g/mol. The van der Waals surface area contributed by atoms with Gasteiger partial charge >= 0.3 is 0 Å². The van der Waals surface area contributed by atoms with Crippen LogP contribution in [0.25, 0.3) is 0 Å². The molecule has 1 aromatic rings. The van der Waals surface area contributed by atoms with Crippen molar-refractivity contribution in [1.29, 1.82) is 0 Å². The Morgan fingerprint density at radius 2 is 1.87 bits per heavy atom. The van der Waals surface area contributed by atoms with E-state index in [9.17, 15) is 14.7 Å². The normalized spacial score (nSPS) is 24.9. The predicted octanol–water partition coefficient (Wildman–Crippen LogP) is 0.0923. The highest BCUT2D eigenvalue weighted by Crippen LogP contribution is 2.22. The van der Waals surface area contributed by atoms with E-state index in [2.05, 4.69) is 15.5 Å². The summed E-state index contributed by atoms with van der Waals surface area (Å²) in [5.74, 6) is -0.122. The van der Waals surface area contributed by atoms with Crippen molar-refractivity contribution in [2.24, 2.45) is 0 Å². The standard InChI is InChI=1S/C22H33N3O5/c26-16-20-19(24-22(28)15-25-10-12-29-13-11-25)7-6-18(30-20)14-21(27)23-9-8-17-4-2-1-3-5-17/h1-5,18-20,26H,6-16H2,(H,23,27)(H,24,28)/t18-,19+,20-/m0/s1. The van der Waals surface area contributed by atoms with Crippen LogP contribution in [0.15, 0.2) is 30.3 Å². The van der Waals surface area contributed by atoms with E-state index in [-0.39, 0.29) is 37.0 Å². The third-order valence-corrected chi connectivity index (χ3v) is 5.60. The SMILES string of the molecule is O=C(C[C@@H]1CC[C@@H](NC(=O)CN2CCOCC2)[C@H](CO)O1)NCCc1ccccc1. The molecule has 30 heavy (non-hydrogen) atoms. The number of nitrogens with zero attached hydrogens (tertiary/aromatic N) is 1. The van der Waals surface area contributed by atoms with Crippen molar-refractivity contribution in [2.45, 2.75) is 43.9 Å². The molecular weight excluding hydrogens is 386 g/mol. The first-order valence-electron chi connectivity index (χ1n) is 10.8. The molecule has 1 aromatic carbocycles. The highest BCUT2D eigenvalue weighted by molar-refractivity contribution is 5.78. The summed E-state index contributed by atoms with van der Waals surface area (Å²) >= 11 is 0. The number of carbonyl (C=O) groups excluding carboxylic acids is 2. The van der Waals surface area contributed by atoms with Crippen LogP contribution >= 0.6 is 0 Å². The molecule has 2 aliphatic rings. The summed E-state index contributed by atoms with van der Waals surface area (Å²) in [4.78, 5) is 26.6. The molecule has 0 aliphatic carbocycles. The largest absolute Gasteiger partial charge is 0.394 e. The summed E-state index contributed by atoms with van der Waals surface area (Å²) < 4.78 is 11.2. The molecule has 3 atom stereocenters. The summed E-state index contributed by atoms with van der Waals surface area (Å²) in [6, 6.07) is 9.78. The highest BCUT2D eigenvalue weighted by Gasteiger charge is 2.33. The van der Waals surface area contributed by atoms with Gasteiger partial charge in [-0.3, -0.25) is 14.5 Å². The lowest BCUT2D eigenvalue weighted by atomic mass is 9.97. The first kappa shape index (κ1) is 22.7. The minimum Gasteiger partial charge on any atom is -0.394 e. The number of amides is 2. The third-order valence-electron chi connectivity index (χ3n) is 5.60. The molecule has 8 nitrogen and oxygen atoms in total. The zero-order valence-corrected chi connectivity index (χ0v) is 17.4. The van der Waals surface area contributed by atoms with Crippen molar-refractivity contribution in [1.82, 2.24) is 15.5 Å². The molecule has 2 fully saturated rings. The van der Waals surface area contributed by atoms with Gasteiger partial charge in [0.05, 0.1) is 44.9 Å². The fraction of sp³-hybridized carbons (Fsp3) is 0.636. The van der Waals surface area contributed by atoms with E-state index >= 15 is 0 Å². The van der Waals surface area contributed by atoms with Gasteiger partial charge in [-0.05, 0) is 24.8 Å². The lowest BCUT2D eigenvalue weighted by Crippen LogP contribution is -2.53. The molecule has 2 heterocycles. The van der Waals surface area contributed by atoms with E-state index in [1.807, 2.05) is 30.3 Å². The van der Waals surface area contributed by atoms with Gasteiger partial charge in [-0.1, -0.05) is 30.3 Å². The molecule has 3 N–H and O–H groups in total. The quantitative estimate of drug-likeness (QED) is 0.525. The summed E-state index contributed by atoms with van der Waals surface area (Å²) in [6.45, 7) is 3.51. The molecule has 3 rings (SSSR count). The third kappa shape index (κ3) is 7.36. The van der Waals surface area contributed by atoms with Crippen LogP contribution < -0.4 is 10.6 Å². The van der Waals surface area contributed by atoms with Gasteiger partial charge in [0.25, 0.3) is 0 Å². The molecule has 0 spiro atoms. The number of morpholine rings is 1. The molecule has 0 unspecified atom stereocenters. The van der Waals surface area contributed by atoms with Gasteiger partial charge in [0.1, 0.15) is 6.10 Å². The zero-order chi connectivity index (χ0) is 21.2. The Morgan fingerprint density at radius 1 is 1.10 bits per heavy atom. The number of nitrogens with one attached hydrogen (secondary N) is 2. The van der Waals surface area contributed by atoms with Crippen LogP contribution in [0.5, 0.6) is 0 Å². The monoisotopic (exact) mass is 419 g/mol. The van der Waals surface area contributed by atoms with E-state index in [0.717, 1.165) is 19.5 Å². The van der Waals surface area contributed by atoms with Crippen molar-refractivity contribution < 1.29 is 24.2 Å². The van der Waals surface area contributed by atoms with Crippen LogP contribution in [0.3, 0.4) is 0 Å². The van der Waals surface area contributed by atoms with Gasteiger partial charge in [-0.2, -0.15) is 0 Å². The number of benzene rings is 1. The van der Waals surface area contributed by atoms with Crippen LogP contribution in [0.1, 0.15) is 24.8 Å². The molecular formula is C22H33N3O5. The molecule has 166 valence electrons. The number of aliphatic hydroxyl groups excluding tert-OH is 1. The van der Waals surface area contributed by atoms with Crippen LogP contribution in [-0.4, -0.2) is 86.1 Å². The highest BCUT2D eigenvalue weighted by atomic mass is 16.5. The Labute approximate surface area is 177 Å². The molecule has 2 amide bonds. The second kappa shape index (κ2) is 12.0. The number of aliphatic hydroxyl groups is 1. The molecule has 8 heteroatoms. The zero-order valence-electron chi connectivity index (χ0n) is 17.4. The molecule has 0 aromatic heterocycles. The summed E-state index contributed by atoms with van der Waals surface area (Å²) in [6.07, 6.45) is 1.67. The molecule has 2 aliphatic heterocycles. The minimum atomic E-state index is -0.491. The maximum absolute atomic E-state index is 12.3. The molecule has 0 bridgehead atoms. The van der Waals surface area contributed by atoms with Crippen molar-refractivity contribution in [3.05, 3.63) is 35.9 Å². The van der Waals surface area contributed by atoms with Gasteiger partial charge in [0.15, 0.2) is 0 Å². The maximum Gasteiger partial charge on any atom is 0.234 e. The first-order valence-corrected chi connectivity index (χ1v) is 10.8. The van der Waals surface area contributed by atoms with Gasteiger partial charge < -0.3 is 25.2 Å². The van der Waals surface area contributed by atoms with Crippen LogP contribution in [-0.2, 0) is 25.5 Å². The lowest BCUT2D eigenvalue weighted by molar-refractivity contribution is -0.136. The van der Waals surface area contributed by atoms with E-state index in [1.165, 1.54) is 5.56 Å². The van der Waals surface area contributed by atoms with Gasteiger partial charge in [0.2, 0.25) is 11.8 Å². The Bertz CT molecular complexity index is 666. The van der Waals surface area contributed by atoms with E-state index in [4.69, 9.17) is 9.47 Å². The fourth-order valence-corrected chi connectivity index (χ4v) is 3.93. The van der Waals surface area contributed by atoms with Crippen molar-refractivity contribution >= 4 is 11.8 Å². The molecule has 2 saturated heterocycles. The Hall–Kier alpha value is -2.00. The molecule has 0 saturated carbocycles. The van der Waals surface area contributed by atoms with Crippen LogP contribution in [0.4, 0.5) is 0 Å². The summed E-state index contributed by atoms with van der Waals surface area (Å²) in [7, 11) is 0. The summed E-state index contributed by atoms with van der Waals surface area (Å²) in [5, 5.41) is 15.6. The average Bonchev–Trinajstić information content (AvgIpc) is 2.76. The number of hydrogen-bond acceptors (Lipinski definition) is 6. The van der Waals surface area contributed by atoms with E-state index in [1.54, 1.807) is 0 Å². The van der Waals surface area contributed by atoms with Crippen LogP contribution in [0, 0.1) is 0 Å². The number of ether oxygens (including phenoxy) is 2. The second-order valence-electron chi connectivity index (χ2n) is 7.91. The minimum absolute atomic E-state index is 0.0533. The Kier molecular flexibility index (Phi) is 9.07. The number of rotatable bonds is 9. The Morgan fingerprint density at radius 3 is 2.60 bits per heavy atom. The topological polar surface area (TPSA) is 100 Å². The van der Waals surface area contributed by atoms with Gasteiger partial charge in [-0.25, -0.2) is 0 Å². The second-order valence-corrected chi connectivity index (χ2v) is 7.91. The lowest BCUT2D eigenvalue weighted by Gasteiger charge is -2.36. The van der Waals surface area contributed by atoms with Gasteiger partial charge in [-0.15, -0.1) is 0 Å². The maximum atomic E-state index is 12.3. The van der Waals surface area contributed by atoms with E-state index < -0.39 is 6.10 Å². The van der Waals surface area contributed by atoms with Crippen molar-refractivity contribution in [2.75, 3.05) is 46.0 Å². The number of carbonyl (C=O) groups is 2. The van der Waals surface area contributed by atoms with Crippen LogP contribution in [0.2, 0.25) is 0 Å². The van der Waals surface area contributed by atoms with Crippen molar-refractivity contribution in [3.63, 3.8) is 0 Å². The molecule has 0 radical (unpaired) electrons. The Balaban J connectivity index is 1.36. The smallest absolute Gasteiger partial charge is 0.234 e. The van der Waals surface area contributed by atoms with Gasteiger partial charge in [0, 0.05) is 19.6 Å².